The van der Waals surface area contributed by atoms with Gasteiger partial charge in [0.25, 0.3) is 0 Å². The van der Waals surface area contributed by atoms with E-state index in [4.69, 9.17) is 0 Å². The molecule has 138 valence electrons. The molecule has 0 aromatic rings. The summed E-state index contributed by atoms with van der Waals surface area (Å²) < 4.78 is 0. The second-order valence-electron chi connectivity index (χ2n) is 8.30. The molecule has 0 bridgehead atoms. The van der Waals surface area contributed by atoms with Crippen LogP contribution in [0.3, 0.4) is 0 Å². The zero-order valence-corrected chi connectivity index (χ0v) is 16.6. The molecule has 2 aliphatic rings. The van der Waals surface area contributed by atoms with Crippen molar-refractivity contribution in [1.29, 1.82) is 0 Å². The Bertz CT molecular complexity index is 467. The van der Waals surface area contributed by atoms with Crippen molar-refractivity contribution in [2.24, 2.45) is 11.3 Å². The highest BCUT2D eigenvalue weighted by molar-refractivity contribution is 8.01. The van der Waals surface area contributed by atoms with Crippen LogP contribution >= 0.6 is 11.8 Å². The number of thioether (sulfide) groups is 1. The van der Waals surface area contributed by atoms with E-state index in [1.54, 1.807) is 0 Å². The quantitative estimate of drug-likeness (QED) is 0.812. The van der Waals surface area contributed by atoms with E-state index in [-0.39, 0.29) is 28.1 Å². The minimum Gasteiger partial charge on any atom is -0.354 e. The van der Waals surface area contributed by atoms with Crippen LogP contribution in [0.2, 0.25) is 0 Å². The highest BCUT2D eigenvalue weighted by Gasteiger charge is 2.45. The summed E-state index contributed by atoms with van der Waals surface area (Å²) in [5.41, 5.74) is -0.320. The first-order valence-corrected chi connectivity index (χ1v) is 10.1. The predicted molar refractivity (Wildman–Crippen MR) is 99.8 cm³/mol. The van der Waals surface area contributed by atoms with Crippen molar-refractivity contribution in [3.05, 3.63) is 0 Å². The number of likely N-dealkylation sites (tertiary alicyclic amines) is 1. The van der Waals surface area contributed by atoms with Gasteiger partial charge in [0.15, 0.2) is 0 Å². The molecule has 0 aromatic heterocycles. The fraction of sp³-hybridized carbons (Fsp3) is 0.889. The summed E-state index contributed by atoms with van der Waals surface area (Å²) >= 11 is 1.85. The minimum atomic E-state index is -0.320. The standard InChI is InChI=1S/C18H33N3O2S/c1-6-13(2)11-19-15(22)14-12-24-18(20-14)7-9-21(10-8-18)16(23)17(3,4)5/h13-14,20H,6-12H2,1-5H3,(H,19,22). The Balaban J connectivity index is 1.83. The molecule has 2 aliphatic heterocycles. The first kappa shape index (κ1) is 19.6. The second-order valence-corrected chi connectivity index (χ2v) is 9.71. The molecule has 0 saturated carbocycles. The molecule has 6 heteroatoms. The molecule has 2 fully saturated rings. The van der Waals surface area contributed by atoms with Crippen LogP contribution < -0.4 is 10.6 Å². The molecule has 2 saturated heterocycles. The van der Waals surface area contributed by atoms with Crippen molar-refractivity contribution in [3.8, 4) is 0 Å². The molecular weight excluding hydrogens is 322 g/mol. The molecule has 1 spiro atoms. The second kappa shape index (κ2) is 7.65. The van der Waals surface area contributed by atoms with Crippen LogP contribution in [0.4, 0.5) is 0 Å². The lowest BCUT2D eigenvalue weighted by molar-refractivity contribution is -0.140. The van der Waals surface area contributed by atoms with E-state index in [1.807, 2.05) is 37.4 Å². The van der Waals surface area contributed by atoms with Gasteiger partial charge in [-0.15, -0.1) is 11.8 Å². The summed E-state index contributed by atoms with van der Waals surface area (Å²) in [5, 5.41) is 6.62. The molecule has 2 N–H and O–H groups in total. The maximum atomic E-state index is 12.4. The topological polar surface area (TPSA) is 61.4 Å². The average molecular weight is 356 g/mol. The van der Waals surface area contributed by atoms with E-state index in [2.05, 4.69) is 24.5 Å². The van der Waals surface area contributed by atoms with Gasteiger partial charge in [0.05, 0.1) is 10.9 Å². The molecule has 2 atom stereocenters. The van der Waals surface area contributed by atoms with Crippen molar-refractivity contribution in [2.75, 3.05) is 25.4 Å². The summed E-state index contributed by atoms with van der Waals surface area (Å²) in [6, 6.07) is -0.107. The third kappa shape index (κ3) is 4.66. The number of hydrogen-bond donors (Lipinski definition) is 2. The van der Waals surface area contributed by atoms with E-state index in [9.17, 15) is 9.59 Å². The zero-order chi connectivity index (χ0) is 18.0. The van der Waals surface area contributed by atoms with E-state index < -0.39 is 0 Å². The predicted octanol–water partition coefficient (Wildman–Crippen LogP) is 2.22. The normalized spacial score (nSPS) is 24.9. The number of rotatable bonds is 4. The molecule has 24 heavy (non-hydrogen) atoms. The van der Waals surface area contributed by atoms with Gasteiger partial charge < -0.3 is 10.2 Å². The highest BCUT2D eigenvalue weighted by Crippen LogP contribution is 2.39. The third-order valence-electron chi connectivity index (χ3n) is 5.10. The smallest absolute Gasteiger partial charge is 0.238 e. The minimum absolute atomic E-state index is 0.0347. The number of nitrogens with zero attached hydrogens (tertiary/aromatic N) is 1. The Hall–Kier alpha value is -0.750. The lowest BCUT2D eigenvalue weighted by Gasteiger charge is -2.41. The Morgan fingerprint density at radius 1 is 1.33 bits per heavy atom. The summed E-state index contributed by atoms with van der Waals surface area (Å²) in [6.45, 7) is 12.5. The molecule has 5 nitrogen and oxygen atoms in total. The third-order valence-corrected chi connectivity index (χ3v) is 6.68. The monoisotopic (exact) mass is 355 g/mol. The van der Waals surface area contributed by atoms with Crippen LogP contribution in [0.25, 0.3) is 0 Å². The molecule has 2 amide bonds. The van der Waals surface area contributed by atoms with Crippen molar-refractivity contribution >= 4 is 23.6 Å². The van der Waals surface area contributed by atoms with E-state index >= 15 is 0 Å². The van der Waals surface area contributed by atoms with Crippen LogP contribution in [0, 0.1) is 11.3 Å². The summed E-state index contributed by atoms with van der Waals surface area (Å²) in [6.07, 6.45) is 2.90. The van der Waals surface area contributed by atoms with Crippen LogP contribution in [0.15, 0.2) is 0 Å². The Morgan fingerprint density at radius 2 is 1.96 bits per heavy atom. The number of carbonyl (C=O) groups excluding carboxylic acids is 2. The number of nitrogens with one attached hydrogen (secondary N) is 2. The van der Waals surface area contributed by atoms with Gasteiger partial charge in [-0.1, -0.05) is 41.0 Å². The van der Waals surface area contributed by atoms with Crippen molar-refractivity contribution in [1.82, 2.24) is 15.5 Å². The van der Waals surface area contributed by atoms with Gasteiger partial charge >= 0.3 is 0 Å². The molecule has 2 heterocycles. The van der Waals surface area contributed by atoms with Crippen molar-refractivity contribution < 1.29 is 9.59 Å². The largest absolute Gasteiger partial charge is 0.354 e. The molecule has 0 radical (unpaired) electrons. The number of piperidine rings is 1. The fourth-order valence-corrected chi connectivity index (χ4v) is 4.58. The van der Waals surface area contributed by atoms with Crippen molar-refractivity contribution in [3.63, 3.8) is 0 Å². The SMILES string of the molecule is CCC(C)CNC(=O)C1CSC2(CCN(C(=O)C(C)(C)C)CC2)N1. The van der Waals surface area contributed by atoms with Gasteiger partial charge in [0, 0.05) is 30.8 Å². The summed E-state index contributed by atoms with van der Waals surface area (Å²) in [4.78, 5) is 26.7. The summed E-state index contributed by atoms with van der Waals surface area (Å²) in [7, 11) is 0. The summed E-state index contributed by atoms with van der Waals surface area (Å²) in [5.74, 6) is 1.68. The molecule has 2 unspecified atom stereocenters. The molecule has 2 rings (SSSR count). The van der Waals surface area contributed by atoms with Crippen LogP contribution in [0.5, 0.6) is 0 Å². The number of amides is 2. The first-order chi connectivity index (χ1) is 11.2. The lowest BCUT2D eigenvalue weighted by atomic mass is 9.92. The van der Waals surface area contributed by atoms with Crippen LogP contribution in [0.1, 0.15) is 53.9 Å². The van der Waals surface area contributed by atoms with E-state index in [0.29, 0.717) is 5.92 Å². The van der Waals surface area contributed by atoms with E-state index in [1.165, 1.54) is 0 Å². The zero-order valence-electron chi connectivity index (χ0n) is 15.8. The van der Waals surface area contributed by atoms with Gasteiger partial charge in [-0.2, -0.15) is 0 Å². The maximum absolute atomic E-state index is 12.4. The van der Waals surface area contributed by atoms with Crippen molar-refractivity contribution in [2.45, 2.75) is 64.8 Å². The first-order valence-electron chi connectivity index (χ1n) is 9.15. The van der Waals surface area contributed by atoms with Gasteiger partial charge in [-0.25, -0.2) is 0 Å². The molecular formula is C18H33N3O2S. The maximum Gasteiger partial charge on any atom is 0.238 e. The van der Waals surface area contributed by atoms with E-state index in [0.717, 1.165) is 44.6 Å². The van der Waals surface area contributed by atoms with Crippen LogP contribution in [-0.2, 0) is 9.59 Å². The fourth-order valence-electron chi connectivity index (χ4n) is 3.16. The number of hydrogen-bond acceptors (Lipinski definition) is 4. The average Bonchev–Trinajstić information content (AvgIpc) is 2.95. The van der Waals surface area contributed by atoms with Gasteiger partial charge in [-0.05, 0) is 18.8 Å². The lowest BCUT2D eigenvalue weighted by Crippen LogP contribution is -2.55. The Kier molecular flexibility index (Phi) is 6.24. The van der Waals surface area contributed by atoms with Gasteiger partial charge in [-0.3, -0.25) is 14.9 Å². The Labute approximate surface area is 150 Å². The van der Waals surface area contributed by atoms with Gasteiger partial charge in [0.2, 0.25) is 11.8 Å². The van der Waals surface area contributed by atoms with Gasteiger partial charge in [0.1, 0.15) is 0 Å². The highest BCUT2D eigenvalue weighted by atomic mass is 32.2. The molecule has 0 aliphatic carbocycles. The molecule has 0 aromatic carbocycles. The van der Waals surface area contributed by atoms with Crippen LogP contribution in [-0.4, -0.2) is 53.0 Å². The Morgan fingerprint density at radius 3 is 2.50 bits per heavy atom. The number of carbonyl (C=O) groups is 2.